The van der Waals surface area contributed by atoms with Crippen LogP contribution in [0, 0.1) is 0 Å². The summed E-state index contributed by atoms with van der Waals surface area (Å²) in [6.07, 6.45) is -4.38. The second kappa shape index (κ2) is 4.90. The predicted octanol–water partition coefficient (Wildman–Crippen LogP) is 5.10. The summed E-state index contributed by atoms with van der Waals surface area (Å²) in [5.41, 5.74) is 0.182. The largest absolute Gasteiger partial charge is 0.416 e. The fourth-order valence-corrected chi connectivity index (χ4v) is 1.64. The number of benzene rings is 2. The van der Waals surface area contributed by atoms with E-state index in [9.17, 15) is 13.2 Å². The highest BCUT2D eigenvalue weighted by Gasteiger charge is 2.30. The van der Waals surface area contributed by atoms with Gasteiger partial charge in [-0.1, -0.05) is 29.8 Å². The van der Waals surface area contributed by atoms with Crippen LogP contribution in [-0.4, -0.2) is 0 Å². The molecular weight excluding hydrogens is 263 g/mol. The van der Waals surface area contributed by atoms with Crippen LogP contribution in [0.4, 0.5) is 24.5 Å². The fraction of sp³-hybridized carbons (Fsp3) is 0.0769. The smallest absolute Gasteiger partial charge is 0.354 e. The van der Waals surface area contributed by atoms with Crippen LogP contribution in [0.5, 0.6) is 0 Å². The molecule has 5 heteroatoms. The van der Waals surface area contributed by atoms with Crippen LogP contribution in [0.3, 0.4) is 0 Å². The Morgan fingerprint density at radius 2 is 1.61 bits per heavy atom. The van der Waals surface area contributed by atoms with Crippen molar-refractivity contribution in [1.82, 2.24) is 0 Å². The first-order valence-electron chi connectivity index (χ1n) is 5.15. The van der Waals surface area contributed by atoms with E-state index in [0.29, 0.717) is 5.69 Å². The highest BCUT2D eigenvalue weighted by atomic mass is 35.5. The minimum absolute atomic E-state index is 0.234. The average Bonchev–Trinajstić information content (AvgIpc) is 2.32. The summed E-state index contributed by atoms with van der Waals surface area (Å²) in [6.45, 7) is 0. The van der Waals surface area contributed by atoms with E-state index in [0.717, 1.165) is 12.1 Å². The van der Waals surface area contributed by atoms with Gasteiger partial charge in [-0.3, -0.25) is 0 Å². The zero-order chi connectivity index (χ0) is 13.2. The number of halogens is 4. The molecule has 0 aliphatic carbocycles. The molecule has 18 heavy (non-hydrogen) atoms. The molecule has 1 N–H and O–H groups in total. The number of hydrogen-bond acceptors (Lipinski definition) is 1. The molecule has 0 bridgehead atoms. The first-order valence-corrected chi connectivity index (χ1v) is 5.53. The van der Waals surface area contributed by atoms with Crippen molar-refractivity contribution in [3.63, 3.8) is 0 Å². The van der Waals surface area contributed by atoms with E-state index in [1.54, 1.807) is 24.3 Å². The summed E-state index contributed by atoms with van der Waals surface area (Å²) in [6, 6.07) is 12.1. The van der Waals surface area contributed by atoms with Crippen molar-refractivity contribution in [1.29, 1.82) is 0 Å². The van der Waals surface area contributed by atoms with Gasteiger partial charge < -0.3 is 5.32 Å². The van der Waals surface area contributed by atoms with E-state index < -0.39 is 11.7 Å². The van der Waals surface area contributed by atoms with Crippen LogP contribution in [0.25, 0.3) is 0 Å². The van der Waals surface area contributed by atoms with Gasteiger partial charge in [0.2, 0.25) is 0 Å². The third-order valence-electron chi connectivity index (χ3n) is 2.35. The maximum Gasteiger partial charge on any atom is 0.416 e. The van der Waals surface area contributed by atoms with Crippen LogP contribution in [0.1, 0.15) is 5.56 Å². The Morgan fingerprint density at radius 1 is 0.944 bits per heavy atom. The third kappa shape index (κ3) is 2.96. The number of alkyl halides is 3. The van der Waals surface area contributed by atoms with Crippen molar-refractivity contribution < 1.29 is 13.2 Å². The molecule has 94 valence electrons. The topological polar surface area (TPSA) is 12.0 Å². The number of para-hydroxylation sites is 1. The van der Waals surface area contributed by atoms with E-state index in [-0.39, 0.29) is 10.7 Å². The van der Waals surface area contributed by atoms with E-state index in [2.05, 4.69) is 5.32 Å². The second-order valence-corrected chi connectivity index (χ2v) is 4.09. The molecule has 0 aliphatic heterocycles. The van der Waals surface area contributed by atoms with Gasteiger partial charge in [-0.2, -0.15) is 13.2 Å². The zero-order valence-electron chi connectivity index (χ0n) is 9.13. The summed E-state index contributed by atoms with van der Waals surface area (Å²) in [4.78, 5) is 0. The van der Waals surface area contributed by atoms with E-state index in [1.807, 2.05) is 6.07 Å². The lowest BCUT2D eigenvalue weighted by Gasteiger charge is -2.12. The molecule has 0 saturated carbocycles. The van der Waals surface area contributed by atoms with Crippen molar-refractivity contribution in [3.8, 4) is 0 Å². The van der Waals surface area contributed by atoms with Gasteiger partial charge in [0.05, 0.1) is 16.3 Å². The molecule has 0 unspecified atom stereocenters. The summed E-state index contributed by atoms with van der Waals surface area (Å²) < 4.78 is 37.7. The highest BCUT2D eigenvalue weighted by molar-refractivity contribution is 6.33. The van der Waals surface area contributed by atoms with E-state index in [1.165, 1.54) is 6.07 Å². The van der Waals surface area contributed by atoms with Gasteiger partial charge in [0.25, 0.3) is 0 Å². The predicted molar refractivity (Wildman–Crippen MR) is 66.2 cm³/mol. The lowest BCUT2D eigenvalue weighted by atomic mass is 10.2. The molecule has 2 aromatic carbocycles. The number of nitrogens with one attached hydrogen (secondary N) is 1. The van der Waals surface area contributed by atoms with Gasteiger partial charge in [-0.05, 0) is 30.3 Å². The first kappa shape index (κ1) is 12.8. The molecule has 0 spiro atoms. The van der Waals surface area contributed by atoms with Crippen LogP contribution < -0.4 is 5.32 Å². The number of hydrogen-bond donors (Lipinski definition) is 1. The van der Waals surface area contributed by atoms with Crippen LogP contribution >= 0.6 is 11.6 Å². The average molecular weight is 272 g/mol. The molecule has 0 heterocycles. The molecule has 0 atom stereocenters. The molecule has 0 fully saturated rings. The Morgan fingerprint density at radius 3 is 2.22 bits per heavy atom. The van der Waals surface area contributed by atoms with Crippen molar-refractivity contribution in [2.75, 3.05) is 5.32 Å². The normalized spacial score (nSPS) is 11.3. The third-order valence-corrected chi connectivity index (χ3v) is 2.68. The van der Waals surface area contributed by atoms with Gasteiger partial charge in [-0.25, -0.2) is 0 Å². The van der Waals surface area contributed by atoms with Crippen LogP contribution in [0.2, 0.25) is 5.02 Å². The van der Waals surface area contributed by atoms with Crippen molar-refractivity contribution >= 4 is 23.0 Å². The minimum atomic E-state index is -4.38. The fourth-order valence-electron chi connectivity index (χ4n) is 1.47. The Labute approximate surface area is 107 Å². The van der Waals surface area contributed by atoms with Crippen LogP contribution in [0.15, 0.2) is 48.5 Å². The van der Waals surface area contributed by atoms with Crippen molar-refractivity contribution in [2.45, 2.75) is 6.18 Å². The van der Waals surface area contributed by atoms with Crippen molar-refractivity contribution in [3.05, 3.63) is 59.1 Å². The molecule has 0 amide bonds. The first-order chi connectivity index (χ1) is 8.47. The van der Waals surface area contributed by atoms with Gasteiger partial charge in [0.15, 0.2) is 0 Å². The maximum absolute atomic E-state index is 12.6. The molecule has 0 aromatic heterocycles. The van der Waals surface area contributed by atoms with Crippen LogP contribution in [-0.2, 0) is 6.18 Å². The summed E-state index contributed by atoms with van der Waals surface area (Å²) >= 11 is 5.87. The van der Waals surface area contributed by atoms with Gasteiger partial charge in [-0.15, -0.1) is 0 Å². The lowest BCUT2D eigenvalue weighted by Crippen LogP contribution is -2.05. The Kier molecular flexibility index (Phi) is 3.48. The molecule has 1 nitrogen and oxygen atoms in total. The standard InChI is InChI=1S/C13H9ClF3N/c14-11-7-6-9(13(15,16)17)8-12(11)18-10-4-2-1-3-5-10/h1-8,18H. The van der Waals surface area contributed by atoms with E-state index in [4.69, 9.17) is 11.6 Å². The molecule has 2 aromatic rings. The zero-order valence-corrected chi connectivity index (χ0v) is 9.89. The highest BCUT2D eigenvalue weighted by Crippen LogP contribution is 2.34. The Hall–Kier alpha value is -1.68. The minimum Gasteiger partial charge on any atom is -0.354 e. The summed E-state index contributed by atoms with van der Waals surface area (Å²) in [5.74, 6) is 0. The Bertz CT molecular complexity index is 538. The number of rotatable bonds is 2. The van der Waals surface area contributed by atoms with Gasteiger partial charge >= 0.3 is 6.18 Å². The molecule has 2 rings (SSSR count). The molecule has 0 aliphatic rings. The number of anilines is 2. The molecule has 0 saturated heterocycles. The quantitative estimate of drug-likeness (QED) is 0.801. The SMILES string of the molecule is FC(F)(F)c1ccc(Cl)c(Nc2ccccc2)c1. The van der Waals surface area contributed by atoms with Gasteiger partial charge in [0.1, 0.15) is 0 Å². The lowest BCUT2D eigenvalue weighted by molar-refractivity contribution is -0.137. The molecular formula is C13H9ClF3N. The summed E-state index contributed by atoms with van der Waals surface area (Å²) in [5, 5.41) is 3.10. The maximum atomic E-state index is 12.6. The van der Waals surface area contributed by atoms with E-state index >= 15 is 0 Å². The van der Waals surface area contributed by atoms with Gasteiger partial charge in [0, 0.05) is 5.69 Å². The Balaban J connectivity index is 2.33. The molecule has 0 radical (unpaired) electrons. The second-order valence-electron chi connectivity index (χ2n) is 3.68. The summed E-state index contributed by atoms with van der Waals surface area (Å²) in [7, 11) is 0. The monoisotopic (exact) mass is 271 g/mol. The van der Waals surface area contributed by atoms with Crippen molar-refractivity contribution in [2.24, 2.45) is 0 Å².